The molecule has 29 heavy (non-hydrogen) atoms. The number of aromatic nitrogens is 2. The fourth-order valence-electron chi connectivity index (χ4n) is 4.11. The highest BCUT2D eigenvalue weighted by Crippen LogP contribution is 2.37. The zero-order valence-electron chi connectivity index (χ0n) is 15.6. The second-order valence-electron chi connectivity index (χ2n) is 7.40. The first-order valence-corrected chi connectivity index (χ1v) is 10.3. The normalized spacial score (nSPS) is 21.4. The lowest BCUT2D eigenvalue weighted by Crippen LogP contribution is -2.38. The van der Waals surface area contributed by atoms with E-state index in [1.54, 1.807) is 29.1 Å². The van der Waals surface area contributed by atoms with Crippen LogP contribution in [0.1, 0.15) is 31.2 Å². The number of halogens is 2. The van der Waals surface area contributed by atoms with Gasteiger partial charge in [-0.3, -0.25) is 19.3 Å². The average Bonchev–Trinajstić information content (AvgIpc) is 3.24. The summed E-state index contributed by atoms with van der Waals surface area (Å²) in [6.45, 7) is 0.0293. The van der Waals surface area contributed by atoms with Crippen LogP contribution >= 0.6 is 23.2 Å². The predicted octanol–water partition coefficient (Wildman–Crippen LogP) is 3.35. The quantitative estimate of drug-likeness (QED) is 0.731. The highest BCUT2D eigenvalue weighted by atomic mass is 35.5. The van der Waals surface area contributed by atoms with Crippen molar-refractivity contribution in [3.63, 3.8) is 0 Å². The van der Waals surface area contributed by atoms with E-state index in [2.05, 4.69) is 10.4 Å². The van der Waals surface area contributed by atoms with E-state index in [9.17, 15) is 14.4 Å². The molecule has 3 amide bonds. The lowest BCUT2D eigenvalue weighted by Gasteiger charge is -2.19. The first-order chi connectivity index (χ1) is 14.0. The highest BCUT2D eigenvalue weighted by Gasteiger charge is 2.48. The van der Waals surface area contributed by atoms with Crippen LogP contribution in [0, 0.1) is 11.8 Å². The van der Waals surface area contributed by atoms with Crippen LogP contribution in [0.2, 0.25) is 10.0 Å². The molecule has 0 bridgehead atoms. The van der Waals surface area contributed by atoms with Crippen molar-refractivity contribution in [1.29, 1.82) is 0 Å². The molecule has 2 heterocycles. The summed E-state index contributed by atoms with van der Waals surface area (Å²) in [4.78, 5) is 38.7. The molecule has 2 aromatic rings. The Hall–Kier alpha value is -2.38. The fourth-order valence-corrected chi connectivity index (χ4v) is 4.49. The number of amides is 3. The molecule has 1 N–H and O–H groups in total. The van der Waals surface area contributed by atoms with E-state index in [1.165, 1.54) is 0 Å². The average molecular weight is 435 g/mol. The summed E-state index contributed by atoms with van der Waals surface area (Å²) >= 11 is 12.3. The molecule has 1 saturated carbocycles. The molecule has 1 aromatic heterocycles. The van der Waals surface area contributed by atoms with Crippen molar-refractivity contribution in [2.75, 3.05) is 11.9 Å². The van der Waals surface area contributed by atoms with Gasteiger partial charge in [-0.1, -0.05) is 48.2 Å². The maximum Gasteiger partial charge on any atom is 0.245 e. The van der Waals surface area contributed by atoms with Crippen LogP contribution in [-0.4, -0.2) is 38.9 Å². The van der Waals surface area contributed by atoms with Crippen LogP contribution < -0.4 is 5.32 Å². The van der Waals surface area contributed by atoms with Crippen LogP contribution in [0.5, 0.6) is 0 Å². The Morgan fingerprint density at radius 1 is 1.10 bits per heavy atom. The van der Waals surface area contributed by atoms with Gasteiger partial charge in [-0.05, 0) is 24.5 Å². The lowest BCUT2D eigenvalue weighted by molar-refractivity contribution is -0.142. The lowest BCUT2D eigenvalue weighted by atomic mass is 9.81. The molecule has 1 aromatic carbocycles. The minimum Gasteiger partial charge on any atom is -0.309 e. The number of imide groups is 1. The number of nitrogens with one attached hydrogen (secondary N) is 1. The third kappa shape index (κ3) is 3.89. The Bertz CT molecular complexity index is 950. The van der Waals surface area contributed by atoms with E-state index in [-0.39, 0.29) is 30.2 Å². The summed E-state index contributed by atoms with van der Waals surface area (Å²) in [5, 5.41) is 7.81. The van der Waals surface area contributed by atoms with Gasteiger partial charge in [0, 0.05) is 6.07 Å². The number of likely N-dealkylation sites (tertiary alicyclic amines) is 1. The molecule has 1 aliphatic heterocycles. The first-order valence-electron chi connectivity index (χ1n) is 9.55. The SMILES string of the molecule is O=C(CN1C(=O)[C@H]2CCCC[C@@H]2C1=O)Nc1ccnn1Cc1cccc(Cl)c1Cl. The fraction of sp³-hybridized carbons (Fsp3) is 0.400. The number of benzene rings is 1. The monoisotopic (exact) mass is 434 g/mol. The minimum atomic E-state index is -0.440. The Morgan fingerprint density at radius 2 is 1.79 bits per heavy atom. The van der Waals surface area contributed by atoms with Gasteiger partial charge >= 0.3 is 0 Å². The van der Waals surface area contributed by atoms with Crippen molar-refractivity contribution >= 4 is 46.7 Å². The Morgan fingerprint density at radius 3 is 2.48 bits per heavy atom. The first kappa shape index (κ1) is 19.9. The highest BCUT2D eigenvalue weighted by molar-refractivity contribution is 6.42. The number of fused-ring (bicyclic) bond motifs is 1. The summed E-state index contributed by atoms with van der Waals surface area (Å²) in [7, 11) is 0. The molecule has 4 rings (SSSR count). The molecule has 2 atom stereocenters. The number of hydrogen-bond acceptors (Lipinski definition) is 4. The minimum absolute atomic E-state index is 0.228. The zero-order chi connectivity index (χ0) is 20.5. The van der Waals surface area contributed by atoms with Gasteiger partial charge in [-0.15, -0.1) is 0 Å². The van der Waals surface area contributed by atoms with Crippen molar-refractivity contribution in [2.24, 2.45) is 11.8 Å². The molecule has 2 fully saturated rings. The van der Waals surface area contributed by atoms with Gasteiger partial charge in [0.15, 0.2) is 0 Å². The van der Waals surface area contributed by atoms with Crippen molar-refractivity contribution in [2.45, 2.75) is 32.2 Å². The summed E-state index contributed by atoms with van der Waals surface area (Å²) in [6, 6.07) is 6.95. The molecular weight excluding hydrogens is 415 g/mol. The Balaban J connectivity index is 1.43. The van der Waals surface area contributed by atoms with Crippen LogP contribution in [0.3, 0.4) is 0 Å². The standard InChI is InChI=1S/C20H20Cl2N4O3/c21-15-7-3-4-12(18(15)22)10-26-16(8-9-23-26)24-17(27)11-25-19(28)13-5-1-2-6-14(13)20(25)29/h3-4,7-9,13-14H,1-2,5-6,10-11H2,(H,24,27)/t13-,14-/m0/s1. The van der Waals surface area contributed by atoms with E-state index in [1.807, 2.05) is 6.07 Å². The van der Waals surface area contributed by atoms with Gasteiger partial charge in [-0.2, -0.15) is 5.10 Å². The van der Waals surface area contributed by atoms with Gasteiger partial charge in [0.05, 0.1) is 34.6 Å². The van der Waals surface area contributed by atoms with Crippen molar-refractivity contribution in [3.8, 4) is 0 Å². The molecule has 9 heteroatoms. The number of hydrogen-bond donors (Lipinski definition) is 1. The molecule has 1 aliphatic carbocycles. The number of nitrogens with zero attached hydrogens (tertiary/aromatic N) is 3. The molecule has 152 valence electrons. The summed E-state index contributed by atoms with van der Waals surface area (Å²) < 4.78 is 1.57. The molecule has 0 unspecified atom stereocenters. The van der Waals surface area contributed by atoms with Crippen LogP contribution in [0.25, 0.3) is 0 Å². The topological polar surface area (TPSA) is 84.3 Å². The third-order valence-electron chi connectivity index (χ3n) is 5.57. The number of carbonyl (C=O) groups excluding carboxylic acids is 3. The van der Waals surface area contributed by atoms with Crippen LogP contribution in [-0.2, 0) is 20.9 Å². The maximum absolute atomic E-state index is 12.5. The zero-order valence-corrected chi connectivity index (χ0v) is 17.1. The second-order valence-corrected chi connectivity index (χ2v) is 8.18. The van der Waals surface area contributed by atoms with E-state index in [0.29, 0.717) is 22.4 Å². The molecule has 2 aliphatic rings. The summed E-state index contributed by atoms with van der Waals surface area (Å²) in [5.41, 5.74) is 0.757. The number of carbonyl (C=O) groups is 3. The van der Waals surface area contributed by atoms with Crippen molar-refractivity contribution < 1.29 is 14.4 Å². The van der Waals surface area contributed by atoms with E-state index in [0.717, 1.165) is 36.1 Å². The van der Waals surface area contributed by atoms with Gasteiger partial charge in [0.2, 0.25) is 17.7 Å². The summed E-state index contributed by atoms with van der Waals surface area (Å²) in [6.07, 6.45) is 4.90. The van der Waals surface area contributed by atoms with Crippen LogP contribution in [0.15, 0.2) is 30.5 Å². The predicted molar refractivity (Wildman–Crippen MR) is 109 cm³/mol. The van der Waals surface area contributed by atoms with Crippen molar-refractivity contribution in [1.82, 2.24) is 14.7 Å². The van der Waals surface area contributed by atoms with Gasteiger partial charge < -0.3 is 5.32 Å². The molecule has 7 nitrogen and oxygen atoms in total. The van der Waals surface area contributed by atoms with Gasteiger partial charge in [-0.25, -0.2) is 4.68 Å². The Labute approximate surface area is 177 Å². The summed E-state index contributed by atoms with van der Waals surface area (Å²) in [5.74, 6) is -0.978. The largest absolute Gasteiger partial charge is 0.309 e. The Kier molecular flexibility index (Phi) is 5.61. The van der Waals surface area contributed by atoms with E-state index >= 15 is 0 Å². The molecular formula is C20H20Cl2N4O3. The molecule has 0 spiro atoms. The second kappa shape index (κ2) is 8.16. The van der Waals surface area contributed by atoms with Crippen LogP contribution in [0.4, 0.5) is 5.82 Å². The smallest absolute Gasteiger partial charge is 0.245 e. The number of anilines is 1. The number of rotatable bonds is 5. The third-order valence-corrected chi connectivity index (χ3v) is 6.43. The van der Waals surface area contributed by atoms with Crippen molar-refractivity contribution in [3.05, 3.63) is 46.1 Å². The van der Waals surface area contributed by atoms with E-state index in [4.69, 9.17) is 23.2 Å². The van der Waals surface area contributed by atoms with E-state index < -0.39 is 5.91 Å². The van der Waals surface area contributed by atoms with Gasteiger partial charge in [0.25, 0.3) is 0 Å². The maximum atomic E-state index is 12.5. The van der Waals surface area contributed by atoms with Gasteiger partial charge in [0.1, 0.15) is 12.4 Å². The molecule has 1 saturated heterocycles. The molecule has 0 radical (unpaired) electrons.